The van der Waals surface area contributed by atoms with Crippen LogP contribution in [-0.4, -0.2) is 13.3 Å². The van der Waals surface area contributed by atoms with E-state index in [0.717, 1.165) is 12.1 Å². The molecule has 1 aromatic rings. The Balaban J connectivity index is 3.51. The highest BCUT2D eigenvalue weighted by Gasteiger charge is 2.19. The summed E-state index contributed by atoms with van der Waals surface area (Å²) in [6.45, 7) is 5.19. The van der Waals surface area contributed by atoms with Gasteiger partial charge in [-0.15, -0.1) is 0 Å². The summed E-state index contributed by atoms with van der Waals surface area (Å²) in [6, 6.07) is 3.28. The molecule has 7 heteroatoms. The van der Waals surface area contributed by atoms with Gasteiger partial charge in [0.05, 0.1) is 4.92 Å². The molecule has 5 nitrogen and oxygen atoms in total. The average molecular weight is 286 g/mol. The van der Waals surface area contributed by atoms with E-state index in [1.54, 1.807) is 6.92 Å². The summed E-state index contributed by atoms with van der Waals surface area (Å²) < 4.78 is 22.7. The first-order chi connectivity index (χ1) is 8.21. The highest BCUT2D eigenvalue weighted by atomic mass is 35.7. The van der Waals surface area contributed by atoms with Crippen molar-refractivity contribution in [2.24, 2.45) is 0 Å². The van der Waals surface area contributed by atoms with E-state index in [4.69, 9.17) is 10.7 Å². The van der Waals surface area contributed by atoms with Crippen LogP contribution >= 0.6 is 10.7 Å². The van der Waals surface area contributed by atoms with Crippen molar-refractivity contribution in [2.75, 3.05) is 0 Å². The van der Waals surface area contributed by atoms with Gasteiger partial charge in [0.2, 0.25) is 0 Å². The molecule has 0 bridgehead atoms. The van der Waals surface area contributed by atoms with Gasteiger partial charge >= 0.3 is 0 Å². The fraction of sp³-hybridized carbons (Fsp3) is 0.0909. The van der Waals surface area contributed by atoms with Crippen molar-refractivity contribution in [3.63, 3.8) is 0 Å². The minimum atomic E-state index is -4.10. The number of hydrogen-bond acceptors (Lipinski definition) is 4. The quantitative estimate of drug-likeness (QED) is 0.362. The van der Waals surface area contributed by atoms with E-state index in [2.05, 4.69) is 18.4 Å². The molecule has 0 N–H and O–H groups in total. The number of allylic oxidation sites excluding steroid dienone is 1. The number of halogens is 1. The first-order valence-corrected chi connectivity index (χ1v) is 6.93. The van der Waals surface area contributed by atoms with Crippen LogP contribution < -0.4 is 0 Å². The zero-order valence-electron chi connectivity index (χ0n) is 9.31. The standard InChI is InChI=1S/C11H8ClNO4S/c1-8(2)3-4-9-5-6-10(13(14)15)7-11(9)18(12,16)17/h5-7H,1H2,2H3. The molecule has 0 radical (unpaired) electrons. The third-order valence-electron chi connectivity index (χ3n) is 1.85. The Labute approximate surface area is 109 Å². The van der Waals surface area contributed by atoms with E-state index in [9.17, 15) is 18.5 Å². The van der Waals surface area contributed by atoms with Gasteiger partial charge < -0.3 is 0 Å². The third kappa shape index (κ3) is 3.58. The van der Waals surface area contributed by atoms with Crippen LogP contribution in [0.25, 0.3) is 0 Å². The van der Waals surface area contributed by atoms with E-state index in [-0.39, 0.29) is 16.1 Å². The Morgan fingerprint density at radius 2 is 2.11 bits per heavy atom. The molecule has 1 rings (SSSR count). The van der Waals surface area contributed by atoms with Gasteiger partial charge in [-0.25, -0.2) is 8.42 Å². The summed E-state index contributed by atoms with van der Waals surface area (Å²) in [6.07, 6.45) is 0. The molecule has 1 aromatic carbocycles. The molecular formula is C11H8ClNO4S. The molecular weight excluding hydrogens is 278 g/mol. The predicted molar refractivity (Wildman–Crippen MR) is 67.8 cm³/mol. The highest BCUT2D eigenvalue weighted by molar-refractivity contribution is 8.13. The van der Waals surface area contributed by atoms with E-state index in [1.165, 1.54) is 6.07 Å². The Hall–Kier alpha value is -1.84. The third-order valence-corrected chi connectivity index (χ3v) is 3.21. The summed E-state index contributed by atoms with van der Waals surface area (Å²) in [7, 11) is 1.11. The second-order valence-electron chi connectivity index (χ2n) is 3.41. The van der Waals surface area contributed by atoms with Crippen molar-refractivity contribution < 1.29 is 13.3 Å². The van der Waals surface area contributed by atoms with Crippen molar-refractivity contribution >= 4 is 25.4 Å². The summed E-state index contributed by atoms with van der Waals surface area (Å²) in [5.41, 5.74) is 0.264. The van der Waals surface area contributed by atoms with E-state index in [1.807, 2.05) is 0 Å². The van der Waals surface area contributed by atoms with Gasteiger partial charge in [0.15, 0.2) is 0 Å². The van der Waals surface area contributed by atoms with Crippen LogP contribution in [0.4, 0.5) is 5.69 Å². The average Bonchev–Trinajstić information content (AvgIpc) is 2.24. The molecule has 0 saturated heterocycles. The van der Waals surface area contributed by atoms with E-state index < -0.39 is 14.0 Å². The van der Waals surface area contributed by atoms with Gasteiger partial charge in [0.1, 0.15) is 4.90 Å². The topological polar surface area (TPSA) is 77.3 Å². The molecule has 94 valence electrons. The number of nitro groups is 1. The Morgan fingerprint density at radius 1 is 1.50 bits per heavy atom. The lowest BCUT2D eigenvalue weighted by Crippen LogP contribution is -1.98. The van der Waals surface area contributed by atoms with Crippen LogP contribution in [0.15, 0.2) is 35.2 Å². The second-order valence-corrected chi connectivity index (χ2v) is 5.94. The fourth-order valence-electron chi connectivity index (χ4n) is 1.10. The summed E-state index contributed by atoms with van der Waals surface area (Å²) in [5, 5.41) is 10.6. The minimum absolute atomic E-state index is 0.0959. The number of nitro benzene ring substituents is 1. The first-order valence-electron chi connectivity index (χ1n) is 4.62. The maximum atomic E-state index is 11.3. The van der Waals surface area contributed by atoms with E-state index in [0.29, 0.717) is 5.57 Å². The van der Waals surface area contributed by atoms with Gasteiger partial charge in [-0.2, -0.15) is 0 Å². The largest absolute Gasteiger partial charge is 0.270 e. The summed E-state index contributed by atoms with van der Waals surface area (Å²) >= 11 is 0. The maximum absolute atomic E-state index is 11.3. The van der Waals surface area contributed by atoms with Gasteiger partial charge in [0, 0.05) is 28.4 Å². The molecule has 18 heavy (non-hydrogen) atoms. The molecule has 0 amide bonds. The summed E-state index contributed by atoms with van der Waals surface area (Å²) in [5.74, 6) is 5.14. The first kappa shape index (κ1) is 14.2. The monoisotopic (exact) mass is 285 g/mol. The van der Waals surface area contributed by atoms with Crippen molar-refractivity contribution in [3.05, 3.63) is 46.0 Å². The van der Waals surface area contributed by atoms with Crippen LogP contribution in [0.1, 0.15) is 12.5 Å². The molecule has 0 aliphatic rings. The van der Waals surface area contributed by atoms with Crippen molar-refractivity contribution in [1.82, 2.24) is 0 Å². The maximum Gasteiger partial charge on any atom is 0.270 e. The number of rotatable bonds is 2. The smallest absolute Gasteiger partial charge is 0.258 e. The summed E-state index contributed by atoms with van der Waals surface area (Å²) in [4.78, 5) is 9.49. The molecule has 0 fully saturated rings. The predicted octanol–water partition coefficient (Wildman–Crippen LogP) is 2.45. The van der Waals surface area contributed by atoms with Crippen molar-refractivity contribution in [3.8, 4) is 11.8 Å². The van der Waals surface area contributed by atoms with Gasteiger partial charge in [0.25, 0.3) is 14.7 Å². The molecule has 0 atom stereocenters. The SMILES string of the molecule is C=C(C)C#Cc1ccc([N+](=O)[O-])cc1S(=O)(=O)Cl. The lowest BCUT2D eigenvalue weighted by molar-refractivity contribution is -0.385. The van der Waals surface area contributed by atoms with Crippen LogP contribution in [0.3, 0.4) is 0 Å². The van der Waals surface area contributed by atoms with Gasteiger partial charge in [-0.1, -0.05) is 18.4 Å². The molecule has 0 saturated carbocycles. The molecule has 0 heterocycles. The van der Waals surface area contributed by atoms with Gasteiger partial charge in [-0.05, 0) is 18.6 Å². The number of non-ortho nitro benzene ring substituents is 1. The molecule has 0 aliphatic heterocycles. The molecule has 0 aromatic heterocycles. The lowest BCUT2D eigenvalue weighted by Gasteiger charge is -2.00. The van der Waals surface area contributed by atoms with E-state index >= 15 is 0 Å². The Morgan fingerprint density at radius 3 is 2.56 bits per heavy atom. The van der Waals surface area contributed by atoms with Crippen molar-refractivity contribution in [2.45, 2.75) is 11.8 Å². The minimum Gasteiger partial charge on any atom is -0.258 e. The molecule has 0 spiro atoms. The number of benzene rings is 1. The fourth-order valence-corrected chi connectivity index (χ4v) is 2.13. The van der Waals surface area contributed by atoms with Crippen LogP contribution in [0.2, 0.25) is 0 Å². The lowest BCUT2D eigenvalue weighted by atomic mass is 10.2. The Kier molecular flexibility index (Phi) is 4.11. The van der Waals surface area contributed by atoms with Crippen molar-refractivity contribution in [1.29, 1.82) is 0 Å². The second kappa shape index (κ2) is 5.21. The van der Waals surface area contributed by atoms with Crippen LogP contribution in [-0.2, 0) is 9.05 Å². The number of hydrogen-bond donors (Lipinski definition) is 0. The molecule has 0 unspecified atom stereocenters. The molecule has 0 aliphatic carbocycles. The normalized spacial score (nSPS) is 10.3. The number of nitrogens with zero attached hydrogens (tertiary/aromatic N) is 1. The Bertz CT molecular complexity index is 683. The van der Waals surface area contributed by atoms with Gasteiger partial charge in [-0.3, -0.25) is 10.1 Å². The zero-order valence-corrected chi connectivity index (χ0v) is 10.9. The highest BCUT2D eigenvalue weighted by Crippen LogP contribution is 2.24. The van der Waals surface area contributed by atoms with Crippen LogP contribution in [0, 0.1) is 22.0 Å². The van der Waals surface area contributed by atoms with Crippen LogP contribution in [0.5, 0.6) is 0 Å². The zero-order chi connectivity index (χ0) is 13.9.